The number of hydrogen-bond donors (Lipinski definition) is 4. The van der Waals surface area contributed by atoms with E-state index in [1.807, 2.05) is 64.4 Å². The molecule has 4 N–H and O–H groups in total. The smallest absolute Gasteiger partial charge is 0.249 e. The van der Waals surface area contributed by atoms with E-state index >= 15 is 4.39 Å². The topological polar surface area (TPSA) is 143 Å². The lowest BCUT2D eigenvalue weighted by atomic mass is 9.84. The lowest BCUT2D eigenvalue weighted by molar-refractivity contribution is -0.141. The minimum Gasteiger partial charge on any atom is -0.388 e. The predicted molar refractivity (Wildman–Crippen MR) is 218 cm³/mol. The molecule has 4 fully saturated rings. The summed E-state index contributed by atoms with van der Waals surface area (Å²) in [6, 6.07) is 22.0. The molecule has 3 aliphatic heterocycles. The molecular weight excluding hydrogens is 743 g/mol. The number of β-amino-alcohol motifs (C(OH)–C–C–N with tert-alkyl or cyclic N) is 1. The Morgan fingerprint density at radius 3 is 2.26 bits per heavy atom. The third-order valence-electron chi connectivity index (χ3n) is 12.2. The zero-order chi connectivity index (χ0) is 40.2. The van der Waals surface area contributed by atoms with Gasteiger partial charge in [0.1, 0.15) is 17.6 Å². The highest BCUT2D eigenvalue weighted by Crippen LogP contribution is 2.33. The van der Waals surface area contributed by atoms with Crippen LogP contribution in [0.5, 0.6) is 0 Å². The lowest BCUT2D eigenvalue weighted by Gasteiger charge is -2.44. The number of nitrogens with one attached hydrogen (secondary N) is 3. The van der Waals surface area contributed by atoms with Crippen LogP contribution in [0.25, 0.3) is 22.4 Å². The van der Waals surface area contributed by atoms with Crippen molar-refractivity contribution in [3.05, 3.63) is 90.6 Å². The zero-order valence-electron chi connectivity index (χ0n) is 32.5. The number of aliphatic hydroxyl groups is 1. The number of hydrogen-bond acceptors (Lipinski definition) is 10. The molecule has 1 unspecified atom stereocenters. The van der Waals surface area contributed by atoms with Crippen molar-refractivity contribution in [1.29, 1.82) is 0 Å². The first-order valence-corrected chi connectivity index (χ1v) is 20.4. The van der Waals surface area contributed by atoms with E-state index in [0.29, 0.717) is 88.0 Å². The first-order chi connectivity index (χ1) is 28.1. The van der Waals surface area contributed by atoms with E-state index in [1.54, 1.807) is 12.1 Å². The van der Waals surface area contributed by atoms with E-state index < -0.39 is 23.4 Å². The third-order valence-corrected chi connectivity index (χ3v) is 12.2. The molecule has 304 valence electrons. The Balaban J connectivity index is 0.771. The van der Waals surface area contributed by atoms with Gasteiger partial charge in [0.2, 0.25) is 23.7 Å². The first-order valence-electron chi connectivity index (χ1n) is 20.4. The van der Waals surface area contributed by atoms with Crippen molar-refractivity contribution in [1.82, 2.24) is 25.1 Å². The number of nitrogens with zero attached hydrogens (tertiary/aromatic N) is 5. The minimum atomic E-state index is -0.897. The van der Waals surface area contributed by atoms with Crippen molar-refractivity contribution in [2.75, 3.05) is 61.3 Å². The molecule has 12 nitrogen and oxygen atoms in total. The van der Waals surface area contributed by atoms with Gasteiger partial charge in [0.05, 0.1) is 17.5 Å². The van der Waals surface area contributed by atoms with E-state index in [0.717, 1.165) is 36.8 Å². The van der Waals surface area contributed by atoms with Gasteiger partial charge in [-0.15, -0.1) is 0 Å². The van der Waals surface area contributed by atoms with Gasteiger partial charge >= 0.3 is 0 Å². The molecule has 4 aromatic rings. The average molecular weight is 793 g/mol. The molecular formula is C44H50F2N8O4. The second kappa shape index (κ2) is 17.2. The Bertz CT molecular complexity index is 2120. The maximum Gasteiger partial charge on any atom is 0.249 e. The van der Waals surface area contributed by atoms with E-state index in [2.05, 4.69) is 30.8 Å². The summed E-state index contributed by atoms with van der Waals surface area (Å²) >= 11 is 0. The Hall–Kier alpha value is -5.47. The number of imide groups is 1. The Morgan fingerprint density at radius 2 is 1.53 bits per heavy atom. The van der Waals surface area contributed by atoms with Crippen molar-refractivity contribution in [2.45, 2.75) is 69.1 Å². The highest BCUT2D eigenvalue weighted by molar-refractivity contribution is 6.01. The van der Waals surface area contributed by atoms with E-state index in [9.17, 15) is 23.9 Å². The summed E-state index contributed by atoms with van der Waals surface area (Å²) in [7, 11) is 0. The summed E-state index contributed by atoms with van der Waals surface area (Å²) in [4.78, 5) is 52.1. The van der Waals surface area contributed by atoms with Crippen molar-refractivity contribution in [3.63, 3.8) is 0 Å². The van der Waals surface area contributed by atoms with Gasteiger partial charge in [-0.05, 0) is 80.3 Å². The molecule has 58 heavy (non-hydrogen) atoms. The Morgan fingerprint density at radius 1 is 0.810 bits per heavy atom. The predicted octanol–water partition coefficient (Wildman–Crippen LogP) is 5.45. The first kappa shape index (κ1) is 39.4. The van der Waals surface area contributed by atoms with Gasteiger partial charge < -0.3 is 25.5 Å². The summed E-state index contributed by atoms with van der Waals surface area (Å²) in [5, 5.41) is 20.3. The average Bonchev–Trinajstić information content (AvgIpc) is 3.24. The number of piperazine rings is 1. The van der Waals surface area contributed by atoms with Crippen LogP contribution in [0, 0.1) is 17.6 Å². The number of carbonyl (C=O) groups is 3. The summed E-state index contributed by atoms with van der Waals surface area (Å²) < 4.78 is 30.2. The normalized spacial score (nSPS) is 22.6. The molecule has 1 atom stereocenters. The number of anilines is 3. The van der Waals surface area contributed by atoms with Gasteiger partial charge in [-0.1, -0.05) is 48.5 Å². The number of rotatable bonds is 10. The van der Waals surface area contributed by atoms with Crippen LogP contribution in [0.4, 0.5) is 26.1 Å². The molecule has 4 heterocycles. The summed E-state index contributed by atoms with van der Waals surface area (Å²) in [5.74, 6) is -1.13. The van der Waals surface area contributed by atoms with Crippen LogP contribution in [-0.2, 0) is 14.4 Å². The molecule has 1 saturated carbocycles. The standard InChI is InChI=1S/C44H50F2N8O4/c45-35-26-34(48-37-14-16-39(55)50-41(37)56)13-15-38(35)53-23-21-52(22-24-53)28-44(58)17-19-54(20-18-44)42(57)30-9-11-33(12-10-30)49-43-47-27-36(46)40(51-43)32-8-4-7-31(25-32)29-5-2-1-3-6-29/h1-8,13,15,25-27,30,33,37,48,58H,9-12,14,16-24,28H2,(H,47,49,51)(H,50,55,56). The number of benzene rings is 3. The number of carbonyl (C=O) groups excluding carboxylic acids is 3. The van der Waals surface area contributed by atoms with Crippen LogP contribution in [0.3, 0.4) is 0 Å². The van der Waals surface area contributed by atoms with Crippen LogP contribution in [0.1, 0.15) is 51.4 Å². The molecule has 0 spiro atoms. The highest BCUT2D eigenvalue weighted by atomic mass is 19.1. The van der Waals surface area contributed by atoms with Crippen molar-refractivity contribution in [2.24, 2.45) is 5.92 Å². The molecule has 14 heteroatoms. The Labute approximate surface area is 337 Å². The number of likely N-dealkylation sites (tertiary alicyclic amines) is 1. The molecule has 3 saturated heterocycles. The lowest BCUT2D eigenvalue weighted by Crippen LogP contribution is -2.56. The number of halogens is 2. The number of amides is 3. The van der Waals surface area contributed by atoms with E-state index in [-0.39, 0.29) is 41.7 Å². The molecule has 1 aromatic heterocycles. The van der Waals surface area contributed by atoms with Crippen molar-refractivity contribution in [3.8, 4) is 22.4 Å². The SMILES string of the molecule is O=C1CCC(Nc2ccc(N3CCN(CC4(O)CCN(C(=O)C5CCC(Nc6ncc(F)c(-c7cccc(-c8ccccc8)c7)n6)CC5)CC4)CC3)c(F)c2)C(=O)N1. The van der Waals surface area contributed by atoms with Gasteiger partial charge in [-0.25, -0.2) is 18.7 Å². The summed E-state index contributed by atoms with van der Waals surface area (Å²) in [6.07, 6.45) is 5.83. The molecule has 8 rings (SSSR count). The van der Waals surface area contributed by atoms with E-state index in [4.69, 9.17) is 0 Å². The van der Waals surface area contributed by atoms with Gasteiger partial charge in [-0.3, -0.25) is 24.6 Å². The fourth-order valence-corrected chi connectivity index (χ4v) is 8.79. The molecule has 0 radical (unpaired) electrons. The van der Waals surface area contributed by atoms with Gasteiger partial charge in [-0.2, -0.15) is 0 Å². The summed E-state index contributed by atoms with van der Waals surface area (Å²) in [5.41, 5.74) is 3.01. The Kier molecular flexibility index (Phi) is 11.7. The fraction of sp³-hybridized carbons (Fsp3) is 0.432. The van der Waals surface area contributed by atoms with Crippen molar-refractivity contribution < 1.29 is 28.3 Å². The molecule has 3 aromatic carbocycles. The quantitative estimate of drug-likeness (QED) is 0.153. The van der Waals surface area contributed by atoms with E-state index in [1.165, 1.54) is 12.3 Å². The van der Waals surface area contributed by atoms with Crippen LogP contribution in [0.15, 0.2) is 79.0 Å². The monoisotopic (exact) mass is 792 g/mol. The fourth-order valence-electron chi connectivity index (χ4n) is 8.79. The van der Waals surface area contributed by atoms with Gasteiger partial charge in [0.15, 0.2) is 5.82 Å². The second-order valence-corrected chi connectivity index (χ2v) is 16.2. The van der Waals surface area contributed by atoms with Crippen LogP contribution < -0.4 is 20.9 Å². The largest absolute Gasteiger partial charge is 0.388 e. The van der Waals surface area contributed by atoms with Gasteiger partial charge in [0.25, 0.3) is 0 Å². The highest BCUT2D eigenvalue weighted by Gasteiger charge is 2.38. The third kappa shape index (κ3) is 9.13. The molecule has 3 amide bonds. The van der Waals surface area contributed by atoms with Crippen LogP contribution >= 0.6 is 0 Å². The number of piperidine rings is 2. The van der Waals surface area contributed by atoms with Gasteiger partial charge in [0, 0.05) is 75.4 Å². The zero-order valence-corrected chi connectivity index (χ0v) is 32.5. The van der Waals surface area contributed by atoms with Crippen LogP contribution in [0.2, 0.25) is 0 Å². The molecule has 0 bridgehead atoms. The number of aromatic nitrogens is 2. The maximum absolute atomic E-state index is 15.2. The molecule has 4 aliphatic rings. The maximum atomic E-state index is 15.2. The summed E-state index contributed by atoms with van der Waals surface area (Å²) in [6.45, 7) is 4.07. The van der Waals surface area contributed by atoms with Crippen molar-refractivity contribution >= 4 is 35.0 Å². The second-order valence-electron chi connectivity index (χ2n) is 16.2. The van der Waals surface area contributed by atoms with Crippen LogP contribution in [-0.4, -0.2) is 106 Å². The minimum absolute atomic E-state index is 0.0720. The molecule has 1 aliphatic carbocycles.